The van der Waals surface area contributed by atoms with Gasteiger partial charge in [-0.15, -0.1) is 0 Å². The van der Waals surface area contributed by atoms with Crippen LogP contribution in [0.2, 0.25) is 0 Å². The molecule has 0 aromatic carbocycles. The van der Waals surface area contributed by atoms with E-state index >= 15 is 0 Å². The summed E-state index contributed by atoms with van der Waals surface area (Å²) >= 11 is 0. The number of halogens is 3. The molecule has 1 heterocycles. The standard InChI is InChI=1S/C9H11F3O2/c10-9(11,12)5-3-7(13)6-1-2-14-8(6)4-5/h5-6,8H,1-4H2/t5-,6-,8+/m0/s1. The number of ketones is 1. The van der Waals surface area contributed by atoms with Crippen LogP contribution in [-0.2, 0) is 9.53 Å². The van der Waals surface area contributed by atoms with Crippen LogP contribution in [0, 0.1) is 11.8 Å². The Morgan fingerprint density at radius 1 is 1.36 bits per heavy atom. The Morgan fingerprint density at radius 3 is 2.71 bits per heavy atom. The molecule has 5 heteroatoms. The zero-order valence-corrected chi connectivity index (χ0v) is 7.51. The van der Waals surface area contributed by atoms with Crippen LogP contribution in [0.3, 0.4) is 0 Å². The van der Waals surface area contributed by atoms with Gasteiger partial charge in [0.15, 0.2) is 0 Å². The van der Waals surface area contributed by atoms with Crippen molar-refractivity contribution in [3.8, 4) is 0 Å². The summed E-state index contributed by atoms with van der Waals surface area (Å²) < 4.78 is 42.2. The summed E-state index contributed by atoms with van der Waals surface area (Å²) in [6.07, 6.45) is -4.54. The van der Waals surface area contributed by atoms with Crippen molar-refractivity contribution in [2.45, 2.75) is 31.5 Å². The fourth-order valence-corrected chi connectivity index (χ4v) is 2.26. The normalized spacial score (nSPS) is 38.5. The van der Waals surface area contributed by atoms with E-state index < -0.39 is 18.2 Å². The molecule has 2 fully saturated rings. The van der Waals surface area contributed by atoms with Gasteiger partial charge in [0.05, 0.1) is 12.0 Å². The fraction of sp³-hybridized carbons (Fsp3) is 0.889. The molecule has 3 atom stereocenters. The van der Waals surface area contributed by atoms with Crippen molar-refractivity contribution in [3.63, 3.8) is 0 Å². The van der Waals surface area contributed by atoms with E-state index in [0.29, 0.717) is 13.0 Å². The second-order valence-electron chi connectivity index (χ2n) is 3.95. The van der Waals surface area contributed by atoms with Crippen LogP contribution in [0.25, 0.3) is 0 Å². The highest BCUT2D eigenvalue weighted by Gasteiger charge is 2.49. The van der Waals surface area contributed by atoms with E-state index in [0.717, 1.165) is 0 Å². The van der Waals surface area contributed by atoms with E-state index in [2.05, 4.69) is 0 Å². The second-order valence-corrected chi connectivity index (χ2v) is 3.95. The molecule has 14 heavy (non-hydrogen) atoms. The Morgan fingerprint density at radius 2 is 2.07 bits per heavy atom. The van der Waals surface area contributed by atoms with Gasteiger partial charge in [-0.1, -0.05) is 0 Å². The van der Waals surface area contributed by atoms with E-state index in [1.165, 1.54) is 0 Å². The number of fused-ring (bicyclic) bond motifs is 1. The van der Waals surface area contributed by atoms with Gasteiger partial charge < -0.3 is 4.74 Å². The van der Waals surface area contributed by atoms with Gasteiger partial charge in [-0.05, 0) is 12.8 Å². The molecule has 1 aliphatic carbocycles. The van der Waals surface area contributed by atoms with E-state index in [-0.39, 0.29) is 24.5 Å². The lowest BCUT2D eigenvalue weighted by Gasteiger charge is -2.30. The Kier molecular flexibility index (Phi) is 2.29. The molecule has 0 aromatic heterocycles. The summed E-state index contributed by atoms with van der Waals surface area (Å²) in [6.45, 7) is 0.422. The minimum absolute atomic E-state index is 0.0418. The summed E-state index contributed by atoms with van der Waals surface area (Å²) in [5.41, 5.74) is 0. The molecule has 0 unspecified atom stereocenters. The van der Waals surface area contributed by atoms with Crippen LogP contribution >= 0.6 is 0 Å². The third-order valence-electron chi connectivity index (χ3n) is 3.05. The molecule has 0 bridgehead atoms. The van der Waals surface area contributed by atoms with E-state index in [9.17, 15) is 18.0 Å². The highest BCUT2D eigenvalue weighted by atomic mass is 19.4. The molecule has 0 amide bonds. The van der Waals surface area contributed by atoms with E-state index in [1.807, 2.05) is 0 Å². The molecule has 0 radical (unpaired) electrons. The van der Waals surface area contributed by atoms with Crippen LogP contribution in [0.1, 0.15) is 19.3 Å². The van der Waals surface area contributed by atoms with Crippen LogP contribution in [-0.4, -0.2) is 24.7 Å². The molecular weight excluding hydrogens is 197 g/mol. The maximum atomic E-state index is 12.4. The highest BCUT2D eigenvalue weighted by Crippen LogP contribution is 2.42. The Labute approximate surface area is 79.4 Å². The van der Waals surface area contributed by atoms with E-state index in [1.54, 1.807) is 0 Å². The van der Waals surface area contributed by atoms with Gasteiger partial charge in [-0.3, -0.25) is 4.79 Å². The first-order valence-electron chi connectivity index (χ1n) is 4.69. The van der Waals surface area contributed by atoms with Crippen molar-refractivity contribution in [2.24, 2.45) is 11.8 Å². The SMILES string of the molecule is O=C1C[C@H](C(F)(F)F)C[C@H]2OCC[C@@H]12. The lowest BCUT2D eigenvalue weighted by molar-refractivity contribution is -0.193. The number of hydrogen-bond donors (Lipinski definition) is 0. The summed E-state index contributed by atoms with van der Waals surface area (Å²) in [5, 5.41) is 0. The van der Waals surface area contributed by atoms with Crippen molar-refractivity contribution in [3.05, 3.63) is 0 Å². The van der Waals surface area contributed by atoms with Gasteiger partial charge >= 0.3 is 6.18 Å². The molecular formula is C9H11F3O2. The zero-order valence-electron chi connectivity index (χ0n) is 7.51. The first kappa shape index (κ1) is 9.96. The number of Topliss-reactive ketones (excluding diaryl/α,β-unsaturated/α-hetero) is 1. The predicted molar refractivity (Wildman–Crippen MR) is 41.6 cm³/mol. The number of ether oxygens (including phenoxy) is 1. The summed E-state index contributed by atoms with van der Waals surface area (Å²) in [7, 11) is 0. The fourth-order valence-electron chi connectivity index (χ4n) is 2.26. The minimum atomic E-state index is -4.26. The largest absolute Gasteiger partial charge is 0.392 e. The number of alkyl halides is 3. The van der Waals surface area contributed by atoms with Crippen LogP contribution in [0.5, 0.6) is 0 Å². The van der Waals surface area contributed by atoms with Crippen LogP contribution < -0.4 is 0 Å². The molecule has 1 saturated heterocycles. The van der Waals surface area contributed by atoms with Crippen molar-refractivity contribution in [2.75, 3.05) is 6.61 Å². The highest BCUT2D eigenvalue weighted by molar-refractivity contribution is 5.83. The Bertz CT molecular complexity index is 249. The summed E-state index contributed by atoms with van der Waals surface area (Å²) in [5.74, 6) is -2.04. The Balaban J connectivity index is 2.10. The molecule has 0 N–H and O–H groups in total. The molecule has 0 spiro atoms. The van der Waals surface area contributed by atoms with E-state index in [4.69, 9.17) is 4.74 Å². The van der Waals surface area contributed by atoms with Crippen LogP contribution in [0.15, 0.2) is 0 Å². The number of rotatable bonds is 0. The quantitative estimate of drug-likeness (QED) is 0.608. The average Bonchev–Trinajstić information content (AvgIpc) is 2.50. The van der Waals surface area contributed by atoms with Crippen molar-refractivity contribution < 1.29 is 22.7 Å². The van der Waals surface area contributed by atoms with Crippen LogP contribution in [0.4, 0.5) is 13.2 Å². The van der Waals surface area contributed by atoms with Gasteiger partial charge in [-0.2, -0.15) is 13.2 Å². The maximum Gasteiger partial charge on any atom is 0.392 e. The number of hydrogen-bond acceptors (Lipinski definition) is 2. The topological polar surface area (TPSA) is 26.3 Å². The predicted octanol–water partition coefficient (Wildman–Crippen LogP) is 1.93. The third kappa shape index (κ3) is 1.65. The van der Waals surface area contributed by atoms with Gasteiger partial charge in [-0.25, -0.2) is 0 Å². The Hall–Kier alpha value is -0.580. The maximum absolute atomic E-state index is 12.4. The molecule has 1 aliphatic heterocycles. The summed E-state index contributed by atoms with van der Waals surface area (Å²) in [4.78, 5) is 11.4. The number of carbonyl (C=O) groups is 1. The third-order valence-corrected chi connectivity index (χ3v) is 3.05. The molecule has 2 aliphatic rings. The number of carbonyl (C=O) groups excluding carboxylic acids is 1. The molecule has 1 saturated carbocycles. The van der Waals surface area contributed by atoms with Gasteiger partial charge in [0.1, 0.15) is 5.78 Å². The first-order valence-corrected chi connectivity index (χ1v) is 4.69. The molecule has 2 rings (SSSR count). The smallest absolute Gasteiger partial charge is 0.377 e. The van der Waals surface area contributed by atoms with Gasteiger partial charge in [0.2, 0.25) is 0 Å². The van der Waals surface area contributed by atoms with Gasteiger partial charge in [0.25, 0.3) is 0 Å². The second kappa shape index (κ2) is 3.22. The molecule has 2 nitrogen and oxygen atoms in total. The lowest BCUT2D eigenvalue weighted by atomic mass is 9.78. The van der Waals surface area contributed by atoms with Crippen molar-refractivity contribution in [1.29, 1.82) is 0 Å². The average molecular weight is 208 g/mol. The van der Waals surface area contributed by atoms with Crippen molar-refractivity contribution in [1.82, 2.24) is 0 Å². The van der Waals surface area contributed by atoms with Gasteiger partial charge in [0, 0.05) is 18.9 Å². The molecule has 0 aromatic rings. The van der Waals surface area contributed by atoms with Crippen molar-refractivity contribution >= 4 is 5.78 Å². The monoisotopic (exact) mass is 208 g/mol. The zero-order chi connectivity index (χ0) is 10.3. The minimum Gasteiger partial charge on any atom is -0.377 e. The first-order chi connectivity index (χ1) is 6.48. The summed E-state index contributed by atoms with van der Waals surface area (Å²) in [6, 6.07) is 0. The lowest BCUT2D eigenvalue weighted by Crippen LogP contribution is -2.39. The molecule has 80 valence electrons.